The number of hydrogen-bond donors (Lipinski definition) is 1. The van der Waals surface area contributed by atoms with Crippen molar-refractivity contribution in [3.63, 3.8) is 0 Å². The smallest absolute Gasteiger partial charge is 0.138 e. The maximum Gasteiger partial charge on any atom is 0.138 e. The molecule has 2 aromatic carbocycles. The minimum absolute atomic E-state index is 0.538. The fourth-order valence-corrected chi connectivity index (χ4v) is 2.08. The number of benzene rings is 2. The van der Waals surface area contributed by atoms with Gasteiger partial charge >= 0.3 is 0 Å². The van der Waals surface area contributed by atoms with E-state index in [0.29, 0.717) is 11.6 Å². The Morgan fingerprint density at radius 2 is 1.84 bits per heavy atom. The lowest BCUT2D eigenvalue weighted by Crippen LogP contribution is -2.10. The van der Waals surface area contributed by atoms with E-state index in [9.17, 15) is 0 Å². The number of rotatable bonds is 6. The molecule has 0 fully saturated rings. The molecule has 0 saturated carbocycles. The van der Waals surface area contributed by atoms with Gasteiger partial charge in [-0.25, -0.2) is 0 Å². The molecule has 0 spiro atoms. The second-order valence-electron chi connectivity index (χ2n) is 4.39. The summed E-state index contributed by atoms with van der Waals surface area (Å²) in [6.45, 7) is 1.48. The van der Waals surface area contributed by atoms with Gasteiger partial charge in [0, 0.05) is 0 Å². The Morgan fingerprint density at radius 1 is 1.05 bits per heavy atom. The summed E-state index contributed by atoms with van der Waals surface area (Å²) in [5.74, 6) is 0.735. The normalized spacial score (nSPS) is 10.4. The molecule has 19 heavy (non-hydrogen) atoms. The topological polar surface area (TPSA) is 21.3 Å². The zero-order valence-electron chi connectivity index (χ0n) is 11.0. The molecule has 0 amide bonds. The number of likely N-dealkylation sites (N-methyl/N-ethyl adjacent to an activating group) is 1. The van der Waals surface area contributed by atoms with Gasteiger partial charge in [-0.1, -0.05) is 48.0 Å². The second kappa shape index (κ2) is 7.17. The SMILES string of the molecule is CNCCc1ccc(OCc2ccccc2)c(Cl)c1. The third-order valence-electron chi connectivity index (χ3n) is 2.90. The van der Waals surface area contributed by atoms with Gasteiger partial charge in [-0.05, 0) is 43.3 Å². The molecule has 0 unspecified atom stereocenters. The molecule has 0 aliphatic rings. The molecule has 0 radical (unpaired) electrons. The Morgan fingerprint density at radius 3 is 2.53 bits per heavy atom. The van der Waals surface area contributed by atoms with Crippen molar-refractivity contribution in [2.75, 3.05) is 13.6 Å². The Bertz CT molecular complexity index is 513. The first-order chi connectivity index (χ1) is 9.29. The molecule has 0 aliphatic heterocycles. The van der Waals surface area contributed by atoms with Crippen LogP contribution in [0.5, 0.6) is 5.75 Å². The predicted molar refractivity (Wildman–Crippen MR) is 79.9 cm³/mol. The average Bonchev–Trinajstić information content (AvgIpc) is 2.45. The molecule has 0 aliphatic carbocycles. The first-order valence-corrected chi connectivity index (χ1v) is 6.77. The maximum absolute atomic E-state index is 6.23. The summed E-state index contributed by atoms with van der Waals surface area (Å²) in [6, 6.07) is 16.0. The average molecular weight is 276 g/mol. The lowest BCUT2D eigenvalue weighted by atomic mass is 10.1. The van der Waals surface area contributed by atoms with Gasteiger partial charge in [-0.2, -0.15) is 0 Å². The largest absolute Gasteiger partial charge is 0.487 e. The van der Waals surface area contributed by atoms with E-state index in [1.54, 1.807) is 0 Å². The van der Waals surface area contributed by atoms with Crippen LogP contribution < -0.4 is 10.1 Å². The highest BCUT2D eigenvalue weighted by atomic mass is 35.5. The Kier molecular flexibility index (Phi) is 5.25. The number of hydrogen-bond acceptors (Lipinski definition) is 2. The summed E-state index contributed by atoms with van der Waals surface area (Å²) in [5, 5.41) is 3.79. The maximum atomic E-state index is 6.23. The van der Waals surface area contributed by atoms with Crippen LogP contribution in [-0.2, 0) is 13.0 Å². The van der Waals surface area contributed by atoms with E-state index in [-0.39, 0.29) is 0 Å². The van der Waals surface area contributed by atoms with Crippen LogP contribution in [0.3, 0.4) is 0 Å². The van der Waals surface area contributed by atoms with Crippen molar-refractivity contribution in [1.82, 2.24) is 5.32 Å². The molecular formula is C16H18ClNO. The van der Waals surface area contributed by atoms with Crippen molar-refractivity contribution < 1.29 is 4.74 Å². The van der Waals surface area contributed by atoms with Crippen molar-refractivity contribution in [3.05, 3.63) is 64.7 Å². The molecule has 3 heteroatoms. The molecule has 2 rings (SSSR count). The highest BCUT2D eigenvalue weighted by molar-refractivity contribution is 6.32. The molecule has 2 nitrogen and oxygen atoms in total. The lowest BCUT2D eigenvalue weighted by molar-refractivity contribution is 0.306. The van der Waals surface area contributed by atoms with Gasteiger partial charge in [0.05, 0.1) is 5.02 Å². The lowest BCUT2D eigenvalue weighted by Gasteiger charge is -2.09. The summed E-state index contributed by atoms with van der Waals surface area (Å²) >= 11 is 6.23. The quantitative estimate of drug-likeness (QED) is 0.868. The minimum Gasteiger partial charge on any atom is -0.487 e. The van der Waals surface area contributed by atoms with Crippen molar-refractivity contribution in [1.29, 1.82) is 0 Å². The third kappa shape index (κ3) is 4.27. The molecule has 0 bridgehead atoms. The summed E-state index contributed by atoms with van der Waals surface area (Å²) < 4.78 is 5.73. The van der Waals surface area contributed by atoms with Crippen LogP contribution in [0.25, 0.3) is 0 Å². The monoisotopic (exact) mass is 275 g/mol. The Hall–Kier alpha value is -1.51. The fraction of sp³-hybridized carbons (Fsp3) is 0.250. The second-order valence-corrected chi connectivity index (χ2v) is 4.80. The highest BCUT2D eigenvalue weighted by Crippen LogP contribution is 2.26. The van der Waals surface area contributed by atoms with Gasteiger partial charge in [-0.3, -0.25) is 0 Å². The number of nitrogens with one attached hydrogen (secondary N) is 1. The third-order valence-corrected chi connectivity index (χ3v) is 3.19. The van der Waals surface area contributed by atoms with Crippen LogP contribution in [-0.4, -0.2) is 13.6 Å². The van der Waals surface area contributed by atoms with Crippen LogP contribution >= 0.6 is 11.6 Å². The summed E-state index contributed by atoms with van der Waals surface area (Å²) in [4.78, 5) is 0. The predicted octanol–water partition coefficient (Wildman–Crippen LogP) is 3.68. The number of halogens is 1. The molecule has 100 valence electrons. The van der Waals surface area contributed by atoms with E-state index >= 15 is 0 Å². The van der Waals surface area contributed by atoms with Crippen LogP contribution in [0, 0.1) is 0 Å². The van der Waals surface area contributed by atoms with Gasteiger partial charge in [0.15, 0.2) is 0 Å². The van der Waals surface area contributed by atoms with Crippen molar-refractivity contribution in [2.45, 2.75) is 13.0 Å². The summed E-state index contributed by atoms with van der Waals surface area (Å²) in [7, 11) is 1.94. The van der Waals surface area contributed by atoms with Crippen LogP contribution in [0.4, 0.5) is 0 Å². The van der Waals surface area contributed by atoms with E-state index in [1.165, 1.54) is 5.56 Å². The van der Waals surface area contributed by atoms with E-state index in [2.05, 4.69) is 11.4 Å². The molecule has 0 heterocycles. The zero-order valence-corrected chi connectivity index (χ0v) is 11.8. The van der Waals surface area contributed by atoms with Crippen molar-refractivity contribution >= 4 is 11.6 Å². The van der Waals surface area contributed by atoms with Crippen molar-refractivity contribution in [2.24, 2.45) is 0 Å². The fourth-order valence-electron chi connectivity index (χ4n) is 1.82. The number of ether oxygens (including phenoxy) is 1. The van der Waals surface area contributed by atoms with Crippen LogP contribution in [0.15, 0.2) is 48.5 Å². The highest BCUT2D eigenvalue weighted by Gasteiger charge is 2.03. The van der Waals surface area contributed by atoms with Crippen molar-refractivity contribution in [3.8, 4) is 5.75 Å². The van der Waals surface area contributed by atoms with Gasteiger partial charge in [-0.15, -0.1) is 0 Å². The van der Waals surface area contributed by atoms with Gasteiger partial charge in [0.1, 0.15) is 12.4 Å². The molecule has 0 atom stereocenters. The molecular weight excluding hydrogens is 258 g/mol. The summed E-state index contributed by atoms with van der Waals surface area (Å²) in [5.41, 5.74) is 2.35. The van der Waals surface area contributed by atoms with Gasteiger partial charge in [0.2, 0.25) is 0 Å². The van der Waals surface area contributed by atoms with E-state index < -0.39 is 0 Å². The molecule has 1 N–H and O–H groups in total. The first kappa shape index (κ1) is 13.9. The van der Waals surface area contributed by atoms with Gasteiger partial charge < -0.3 is 10.1 Å². The molecule has 2 aromatic rings. The summed E-state index contributed by atoms with van der Waals surface area (Å²) in [6.07, 6.45) is 0.967. The van der Waals surface area contributed by atoms with Crippen LogP contribution in [0.2, 0.25) is 5.02 Å². The van der Waals surface area contributed by atoms with Gasteiger partial charge in [0.25, 0.3) is 0 Å². The Labute approximate surface area is 119 Å². The minimum atomic E-state index is 0.538. The van der Waals surface area contributed by atoms with Crippen LogP contribution in [0.1, 0.15) is 11.1 Å². The zero-order chi connectivity index (χ0) is 13.5. The molecule has 0 saturated heterocycles. The van der Waals surface area contributed by atoms with E-state index in [1.807, 2.05) is 49.5 Å². The van der Waals surface area contributed by atoms with E-state index in [0.717, 1.165) is 24.3 Å². The first-order valence-electron chi connectivity index (χ1n) is 6.39. The van der Waals surface area contributed by atoms with E-state index in [4.69, 9.17) is 16.3 Å². The Balaban J connectivity index is 1.97. The standard InChI is InChI=1S/C16H18ClNO/c1-18-10-9-13-7-8-16(15(17)11-13)19-12-14-5-3-2-4-6-14/h2-8,11,18H,9-10,12H2,1H3. The molecule has 0 aromatic heterocycles.